The van der Waals surface area contributed by atoms with Crippen LogP contribution in [0.2, 0.25) is 0 Å². The van der Waals surface area contributed by atoms with Crippen LogP contribution in [0, 0.1) is 0 Å². The Kier molecular flexibility index (Phi) is 7.52. The number of carbonyl (C=O) groups is 1. The number of thiazole rings is 1. The highest BCUT2D eigenvalue weighted by Gasteiger charge is 2.28. The van der Waals surface area contributed by atoms with Crippen LogP contribution >= 0.6 is 11.3 Å². The lowest BCUT2D eigenvalue weighted by Crippen LogP contribution is -2.37. The van der Waals surface area contributed by atoms with E-state index in [1.165, 1.54) is 35.6 Å². The summed E-state index contributed by atoms with van der Waals surface area (Å²) in [6.07, 6.45) is 1.78. The zero-order valence-electron chi connectivity index (χ0n) is 19.0. The molecular formula is C21H28N2O7S3. The van der Waals surface area contributed by atoms with Gasteiger partial charge in [-0.25, -0.2) is 26.6 Å². The minimum Gasteiger partial charge on any atom is -0.427 e. The maximum atomic E-state index is 12.7. The number of benzene rings is 1. The molecule has 2 aromatic rings. The summed E-state index contributed by atoms with van der Waals surface area (Å²) in [4.78, 5) is 21.7. The van der Waals surface area contributed by atoms with Gasteiger partial charge in [0.2, 0.25) is 0 Å². The number of aromatic nitrogens is 1. The number of piperidine rings is 1. The van der Waals surface area contributed by atoms with Gasteiger partial charge in [0.15, 0.2) is 19.7 Å². The van der Waals surface area contributed by atoms with Gasteiger partial charge in [-0.3, -0.25) is 0 Å². The lowest BCUT2D eigenvalue weighted by atomic mass is 9.99. The quantitative estimate of drug-likeness (QED) is 0.531. The molecule has 0 saturated carbocycles. The second kappa shape index (κ2) is 9.69. The molecule has 2 heterocycles. The van der Waals surface area contributed by atoms with Crippen molar-refractivity contribution in [3.8, 4) is 0 Å². The van der Waals surface area contributed by atoms with E-state index >= 15 is 0 Å². The molecule has 182 valence electrons. The second-order valence-corrected chi connectivity index (χ2v) is 13.8. The van der Waals surface area contributed by atoms with Crippen molar-refractivity contribution in [3.63, 3.8) is 0 Å². The van der Waals surface area contributed by atoms with Gasteiger partial charge in [0.25, 0.3) is 0 Å². The van der Waals surface area contributed by atoms with E-state index in [-0.39, 0.29) is 21.5 Å². The molecule has 9 nitrogen and oxygen atoms in total. The molecular weight excluding hydrogens is 488 g/mol. The number of nitrogens with zero attached hydrogens (tertiary/aromatic N) is 2. The summed E-state index contributed by atoms with van der Waals surface area (Å²) < 4.78 is 53.8. The SMILES string of the molecule is CC(C)(C)OC(=O)ON1CCC(c2nc(CS(=O)(=O)c3ccc(S(C)(=O)=O)cc3)cs2)CC1. The number of ether oxygens (including phenoxy) is 1. The van der Waals surface area contributed by atoms with Crippen LogP contribution in [-0.2, 0) is 35.0 Å². The zero-order chi connectivity index (χ0) is 24.4. The van der Waals surface area contributed by atoms with Crippen LogP contribution < -0.4 is 0 Å². The van der Waals surface area contributed by atoms with Crippen LogP contribution in [0.3, 0.4) is 0 Å². The Morgan fingerprint density at radius 1 is 1.09 bits per heavy atom. The average molecular weight is 517 g/mol. The third kappa shape index (κ3) is 7.23. The Bertz CT molecular complexity index is 1190. The summed E-state index contributed by atoms with van der Waals surface area (Å²) in [5.74, 6) is -0.110. The van der Waals surface area contributed by atoms with Gasteiger partial charge in [-0.1, -0.05) is 0 Å². The summed E-state index contributed by atoms with van der Waals surface area (Å²) in [5.41, 5.74) is -0.169. The van der Waals surface area contributed by atoms with Gasteiger partial charge >= 0.3 is 6.16 Å². The van der Waals surface area contributed by atoms with E-state index in [0.717, 1.165) is 24.1 Å². The summed E-state index contributed by atoms with van der Waals surface area (Å²) in [7, 11) is -7.06. The predicted molar refractivity (Wildman–Crippen MR) is 123 cm³/mol. The molecule has 0 spiro atoms. The largest absolute Gasteiger partial charge is 0.528 e. The Balaban J connectivity index is 1.57. The van der Waals surface area contributed by atoms with E-state index in [4.69, 9.17) is 9.57 Å². The Labute approximate surface area is 198 Å². The zero-order valence-corrected chi connectivity index (χ0v) is 21.4. The van der Waals surface area contributed by atoms with Gasteiger partial charge < -0.3 is 9.57 Å². The minimum atomic E-state index is -3.66. The summed E-state index contributed by atoms with van der Waals surface area (Å²) in [6, 6.07) is 5.20. The van der Waals surface area contributed by atoms with Crippen molar-refractivity contribution in [2.45, 2.75) is 60.7 Å². The molecule has 0 atom stereocenters. The fraction of sp³-hybridized carbons (Fsp3) is 0.524. The molecule has 1 aliphatic rings. The normalized spacial score (nSPS) is 16.5. The maximum Gasteiger partial charge on any atom is 0.528 e. The van der Waals surface area contributed by atoms with Gasteiger partial charge in [-0.15, -0.1) is 16.4 Å². The first-order valence-electron chi connectivity index (χ1n) is 10.4. The molecule has 0 N–H and O–H groups in total. The van der Waals surface area contributed by atoms with E-state index in [0.29, 0.717) is 18.8 Å². The molecule has 1 aromatic heterocycles. The monoisotopic (exact) mass is 516 g/mol. The van der Waals surface area contributed by atoms with Crippen molar-refractivity contribution < 1.29 is 31.2 Å². The lowest BCUT2D eigenvalue weighted by Gasteiger charge is -2.30. The van der Waals surface area contributed by atoms with Gasteiger partial charge in [0.1, 0.15) is 5.60 Å². The van der Waals surface area contributed by atoms with Gasteiger partial charge in [0, 0.05) is 30.6 Å². The summed E-state index contributed by atoms with van der Waals surface area (Å²) >= 11 is 1.41. The van der Waals surface area contributed by atoms with Crippen LogP contribution in [0.4, 0.5) is 4.79 Å². The van der Waals surface area contributed by atoms with E-state index in [1.807, 2.05) is 0 Å². The van der Waals surface area contributed by atoms with Crippen LogP contribution in [0.25, 0.3) is 0 Å². The topological polar surface area (TPSA) is 120 Å². The molecule has 0 aliphatic carbocycles. The highest BCUT2D eigenvalue weighted by Crippen LogP contribution is 2.31. The first-order valence-corrected chi connectivity index (χ1v) is 14.8. The van der Waals surface area contributed by atoms with Crippen LogP contribution in [-0.4, -0.2) is 58.0 Å². The molecule has 1 aliphatic heterocycles. The average Bonchev–Trinajstić information content (AvgIpc) is 3.14. The Morgan fingerprint density at radius 2 is 1.67 bits per heavy atom. The lowest BCUT2D eigenvalue weighted by molar-refractivity contribution is -0.152. The van der Waals surface area contributed by atoms with Crippen molar-refractivity contribution in [1.29, 1.82) is 0 Å². The molecule has 1 saturated heterocycles. The summed E-state index contributed by atoms with van der Waals surface area (Å²) in [5, 5.41) is 4.16. The molecule has 1 aromatic carbocycles. The number of rotatable bonds is 6. The van der Waals surface area contributed by atoms with Crippen LogP contribution in [0.1, 0.15) is 50.2 Å². The highest BCUT2D eigenvalue weighted by atomic mass is 32.2. The first kappa shape index (κ1) is 25.6. The predicted octanol–water partition coefficient (Wildman–Crippen LogP) is 3.57. The van der Waals surface area contributed by atoms with Crippen LogP contribution in [0.5, 0.6) is 0 Å². The summed E-state index contributed by atoms with van der Waals surface area (Å²) in [6.45, 7) is 6.37. The van der Waals surface area contributed by atoms with Gasteiger partial charge in [0.05, 0.1) is 26.2 Å². The standard InChI is InChI=1S/C21H28N2O7S3/c1-21(2,3)29-20(24)30-23-11-9-15(10-12-23)19-22-16(13-31-19)14-33(27,28)18-7-5-17(6-8-18)32(4,25)26/h5-8,13,15H,9-12,14H2,1-4H3. The van der Waals surface area contributed by atoms with Crippen molar-refractivity contribution in [2.24, 2.45) is 0 Å². The highest BCUT2D eigenvalue weighted by molar-refractivity contribution is 7.91. The third-order valence-electron chi connectivity index (χ3n) is 4.91. The van der Waals surface area contributed by atoms with Crippen molar-refractivity contribution in [3.05, 3.63) is 40.3 Å². The molecule has 0 unspecified atom stereocenters. The maximum absolute atomic E-state index is 12.7. The fourth-order valence-electron chi connectivity index (χ4n) is 3.32. The number of hydroxylamine groups is 2. The molecule has 3 rings (SSSR count). The van der Waals surface area contributed by atoms with Gasteiger partial charge in [-0.2, -0.15) is 0 Å². The molecule has 0 amide bonds. The molecule has 12 heteroatoms. The van der Waals surface area contributed by atoms with Crippen molar-refractivity contribution >= 4 is 37.2 Å². The van der Waals surface area contributed by atoms with Gasteiger partial charge in [-0.05, 0) is 57.9 Å². The third-order valence-corrected chi connectivity index (χ3v) is 8.77. The minimum absolute atomic E-state index is 0.0528. The number of carbonyl (C=O) groups excluding carboxylic acids is 1. The smallest absolute Gasteiger partial charge is 0.427 e. The molecule has 33 heavy (non-hydrogen) atoms. The van der Waals surface area contributed by atoms with E-state index in [9.17, 15) is 21.6 Å². The molecule has 0 radical (unpaired) electrons. The number of hydrogen-bond acceptors (Lipinski definition) is 10. The molecule has 1 fully saturated rings. The second-order valence-electron chi connectivity index (χ2n) is 8.94. The van der Waals surface area contributed by atoms with Crippen molar-refractivity contribution in [2.75, 3.05) is 19.3 Å². The Morgan fingerprint density at radius 3 is 2.21 bits per heavy atom. The number of hydrogen-bond donors (Lipinski definition) is 0. The molecule has 0 bridgehead atoms. The van der Waals surface area contributed by atoms with E-state index < -0.39 is 31.4 Å². The first-order chi connectivity index (χ1) is 15.2. The fourth-order valence-corrected chi connectivity index (χ4v) is 6.30. The number of sulfone groups is 2. The van der Waals surface area contributed by atoms with Crippen LogP contribution in [0.15, 0.2) is 39.4 Å². The van der Waals surface area contributed by atoms with E-state index in [1.54, 1.807) is 31.2 Å². The van der Waals surface area contributed by atoms with E-state index in [2.05, 4.69) is 4.98 Å². The Hall–Kier alpha value is -2.02. The van der Waals surface area contributed by atoms with Crippen molar-refractivity contribution in [1.82, 2.24) is 10.0 Å².